The van der Waals surface area contributed by atoms with E-state index in [0.29, 0.717) is 6.42 Å². The van der Waals surface area contributed by atoms with Crippen molar-refractivity contribution in [1.82, 2.24) is 0 Å². The number of nitrogens with zero attached hydrogens (tertiary/aromatic N) is 1. The molecule has 0 N–H and O–H groups in total. The highest BCUT2D eigenvalue weighted by Gasteiger charge is 2.20. The first-order valence-electron chi connectivity index (χ1n) is 6.69. The lowest BCUT2D eigenvalue weighted by Crippen LogP contribution is -2.33. The van der Waals surface area contributed by atoms with Gasteiger partial charge >= 0.3 is 0 Å². The van der Waals surface area contributed by atoms with E-state index in [1.807, 2.05) is 48.5 Å². The van der Waals surface area contributed by atoms with Crippen molar-refractivity contribution in [1.29, 1.82) is 0 Å². The lowest BCUT2D eigenvalue weighted by atomic mass is 10.1. The summed E-state index contributed by atoms with van der Waals surface area (Å²) in [6.45, 7) is 0. The maximum atomic E-state index is 12.3. The van der Waals surface area contributed by atoms with Crippen molar-refractivity contribution < 1.29 is 4.79 Å². The summed E-state index contributed by atoms with van der Waals surface area (Å²) in [4.78, 5) is 13.9. The van der Waals surface area contributed by atoms with E-state index < -0.39 is 5.38 Å². The van der Waals surface area contributed by atoms with Gasteiger partial charge in [-0.3, -0.25) is 4.79 Å². The van der Waals surface area contributed by atoms with Crippen LogP contribution < -0.4 is 4.90 Å². The molecule has 0 aromatic heterocycles. The van der Waals surface area contributed by atoms with E-state index in [1.54, 1.807) is 11.9 Å². The van der Waals surface area contributed by atoms with Crippen LogP contribution in [0.15, 0.2) is 60.7 Å². The number of benzene rings is 2. The molecule has 2 rings (SSSR count). The number of alkyl halides is 1. The third kappa shape index (κ3) is 3.84. The third-order valence-corrected chi connectivity index (χ3v) is 3.68. The van der Waals surface area contributed by atoms with Gasteiger partial charge in [0, 0.05) is 12.7 Å². The average Bonchev–Trinajstić information content (AvgIpc) is 2.53. The molecule has 0 aliphatic heterocycles. The van der Waals surface area contributed by atoms with Crippen molar-refractivity contribution in [2.24, 2.45) is 0 Å². The standard InChI is InChI=1S/C17H18ClNO/c1-19(15-10-6-3-7-11-15)17(20)16(18)13-12-14-8-4-2-5-9-14/h2-11,16H,12-13H2,1H3. The highest BCUT2D eigenvalue weighted by molar-refractivity contribution is 6.32. The summed E-state index contributed by atoms with van der Waals surface area (Å²) >= 11 is 6.23. The second kappa shape index (κ2) is 7.11. The molecule has 104 valence electrons. The fraction of sp³-hybridized carbons (Fsp3) is 0.235. The minimum absolute atomic E-state index is 0.0613. The quantitative estimate of drug-likeness (QED) is 0.764. The molecule has 1 unspecified atom stereocenters. The molecule has 1 amide bonds. The predicted octanol–water partition coefficient (Wildman–Crippen LogP) is 3.89. The molecule has 0 saturated carbocycles. The molecule has 0 radical (unpaired) electrons. The molecule has 0 aliphatic carbocycles. The summed E-state index contributed by atoms with van der Waals surface area (Å²) in [5.74, 6) is -0.0613. The molecule has 1 atom stereocenters. The van der Waals surface area contributed by atoms with Crippen LogP contribution >= 0.6 is 11.6 Å². The molecule has 0 fully saturated rings. The van der Waals surface area contributed by atoms with Crippen LogP contribution in [0.25, 0.3) is 0 Å². The number of amides is 1. The van der Waals surface area contributed by atoms with Gasteiger partial charge in [-0.15, -0.1) is 11.6 Å². The largest absolute Gasteiger partial charge is 0.314 e. The smallest absolute Gasteiger partial charge is 0.244 e. The molecule has 2 nitrogen and oxygen atoms in total. The van der Waals surface area contributed by atoms with E-state index >= 15 is 0 Å². The molecular formula is C17H18ClNO. The SMILES string of the molecule is CN(C(=O)C(Cl)CCc1ccccc1)c1ccccc1. The molecule has 2 aromatic rings. The van der Waals surface area contributed by atoms with Crippen LogP contribution in [0.5, 0.6) is 0 Å². The topological polar surface area (TPSA) is 20.3 Å². The van der Waals surface area contributed by atoms with Crippen LogP contribution in [-0.2, 0) is 11.2 Å². The van der Waals surface area contributed by atoms with Gasteiger partial charge in [-0.2, -0.15) is 0 Å². The van der Waals surface area contributed by atoms with Crippen molar-refractivity contribution in [3.05, 3.63) is 66.2 Å². The van der Waals surface area contributed by atoms with E-state index in [4.69, 9.17) is 11.6 Å². The predicted molar refractivity (Wildman–Crippen MR) is 84.3 cm³/mol. The van der Waals surface area contributed by atoms with E-state index in [1.165, 1.54) is 5.56 Å². The van der Waals surface area contributed by atoms with Crippen LogP contribution in [0, 0.1) is 0 Å². The minimum atomic E-state index is -0.500. The van der Waals surface area contributed by atoms with Gasteiger partial charge in [-0.25, -0.2) is 0 Å². The summed E-state index contributed by atoms with van der Waals surface area (Å²) in [5.41, 5.74) is 2.07. The highest BCUT2D eigenvalue weighted by Crippen LogP contribution is 2.17. The Labute approximate surface area is 125 Å². The summed E-state index contributed by atoms with van der Waals surface area (Å²) in [7, 11) is 1.76. The van der Waals surface area contributed by atoms with Crippen LogP contribution in [0.1, 0.15) is 12.0 Å². The molecule has 0 heterocycles. The number of halogens is 1. The number of para-hydroxylation sites is 1. The number of aryl methyl sites for hydroxylation is 1. The number of carbonyl (C=O) groups excluding carboxylic acids is 1. The first-order chi connectivity index (χ1) is 9.68. The van der Waals surface area contributed by atoms with E-state index in [0.717, 1.165) is 12.1 Å². The lowest BCUT2D eigenvalue weighted by Gasteiger charge is -2.20. The van der Waals surface area contributed by atoms with Crippen molar-refractivity contribution >= 4 is 23.2 Å². The normalized spacial score (nSPS) is 11.9. The molecular weight excluding hydrogens is 270 g/mol. The summed E-state index contributed by atoms with van der Waals surface area (Å²) in [5, 5.41) is -0.500. The Balaban J connectivity index is 1.92. The zero-order valence-electron chi connectivity index (χ0n) is 11.5. The van der Waals surface area contributed by atoms with Crippen LogP contribution in [-0.4, -0.2) is 18.3 Å². The van der Waals surface area contributed by atoms with Gasteiger partial charge in [0.25, 0.3) is 0 Å². The second-order valence-electron chi connectivity index (χ2n) is 4.72. The molecule has 0 saturated heterocycles. The Hall–Kier alpha value is -1.80. The Bertz CT molecular complexity index is 541. The molecule has 3 heteroatoms. The maximum absolute atomic E-state index is 12.3. The van der Waals surface area contributed by atoms with Gasteiger partial charge in [0.15, 0.2) is 0 Å². The number of anilines is 1. The van der Waals surface area contributed by atoms with E-state index in [-0.39, 0.29) is 5.91 Å². The molecule has 0 bridgehead atoms. The Morgan fingerprint density at radius 2 is 1.60 bits per heavy atom. The zero-order chi connectivity index (χ0) is 14.4. The zero-order valence-corrected chi connectivity index (χ0v) is 12.3. The summed E-state index contributed by atoms with van der Waals surface area (Å²) < 4.78 is 0. The van der Waals surface area contributed by atoms with Crippen LogP contribution in [0.3, 0.4) is 0 Å². The van der Waals surface area contributed by atoms with Crippen molar-refractivity contribution in [2.75, 3.05) is 11.9 Å². The Morgan fingerprint density at radius 3 is 2.20 bits per heavy atom. The lowest BCUT2D eigenvalue weighted by molar-refractivity contribution is -0.118. The molecule has 20 heavy (non-hydrogen) atoms. The van der Waals surface area contributed by atoms with E-state index in [9.17, 15) is 4.79 Å². The fourth-order valence-corrected chi connectivity index (χ4v) is 2.31. The number of carbonyl (C=O) groups is 1. The van der Waals surface area contributed by atoms with Crippen molar-refractivity contribution in [3.63, 3.8) is 0 Å². The van der Waals surface area contributed by atoms with Gasteiger partial charge < -0.3 is 4.90 Å². The third-order valence-electron chi connectivity index (χ3n) is 3.27. The van der Waals surface area contributed by atoms with Crippen LogP contribution in [0.4, 0.5) is 5.69 Å². The van der Waals surface area contributed by atoms with Gasteiger partial charge in [0.2, 0.25) is 5.91 Å². The number of rotatable bonds is 5. The van der Waals surface area contributed by atoms with Crippen molar-refractivity contribution in [2.45, 2.75) is 18.2 Å². The molecule has 2 aromatic carbocycles. The Kier molecular flexibility index (Phi) is 5.19. The highest BCUT2D eigenvalue weighted by atomic mass is 35.5. The fourth-order valence-electron chi connectivity index (χ4n) is 2.05. The summed E-state index contributed by atoms with van der Waals surface area (Å²) in [6.07, 6.45) is 1.45. The average molecular weight is 288 g/mol. The number of hydrogen-bond donors (Lipinski definition) is 0. The van der Waals surface area contributed by atoms with E-state index in [2.05, 4.69) is 12.1 Å². The molecule has 0 aliphatic rings. The Morgan fingerprint density at radius 1 is 1.05 bits per heavy atom. The van der Waals surface area contributed by atoms with Gasteiger partial charge in [0.05, 0.1) is 0 Å². The molecule has 0 spiro atoms. The second-order valence-corrected chi connectivity index (χ2v) is 5.25. The van der Waals surface area contributed by atoms with Crippen molar-refractivity contribution in [3.8, 4) is 0 Å². The minimum Gasteiger partial charge on any atom is -0.314 e. The number of hydrogen-bond acceptors (Lipinski definition) is 1. The van der Waals surface area contributed by atoms with Gasteiger partial charge in [-0.1, -0.05) is 48.5 Å². The first kappa shape index (κ1) is 14.6. The summed E-state index contributed by atoms with van der Waals surface area (Å²) in [6, 6.07) is 19.6. The maximum Gasteiger partial charge on any atom is 0.244 e. The van der Waals surface area contributed by atoms with Gasteiger partial charge in [-0.05, 0) is 30.5 Å². The van der Waals surface area contributed by atoms with Gasteiger partial charge in [0.1, 0.15) is 5.38 Å². The first-order valence-corrected chi connectivity index (χ1v) is 7.13. The van der Waals surface area contributed by atoms with Crippen LogP contribution in [0.2, 0.25) is 0 Å². The monoisotopic (exact) mass is 287 g/mol.